The lowest BCUT2D eigenvalue weighted by Crippen LogP contribution is -2.31. The molecule has 2 aliphatic rings. The molecule has 3 aromatic carbocycles. The molecule has 0 spiro atoms. The molecule has 1 aliphatic heterocycles. The Morgan fingerprint density at radius 3 is 2.46 bits per heavy atom. The van der Waals surface area contributed by atoms with E-state index in [0.29, 0.717) is 6.54 Å². The maximum absolute atomic E-state index is 13.1. The van der Waals surface area contributed by atoms with Gasteiger partial charge in [-0.15, -0.1) is 0 Å². The number of hydrogen-bond acceptors (Lipinski definition) is 1. The molecule has 0 atom stereocenters. The van der Waals surface area contributed by atoms with Gasteiger partial charge in [0.15, 0.2) is 0 Å². The monoisotopic (exact) mass is 368 g/mol. The summed E-state index contributed by atoms with van der Waals surface area (Å²) in [6.07, 6.45) is 3.54. The predicted molar refractivity (Wildman–Crippen MR) is 113 cm³/mol. The highest BCUT2D eigenvalue weighted by atomic mass is 16.2. The lowest BCUT2D eigenvalue weighted by Gasteiger charge is -2.21. The third kappa shape index (κ3) is 3.07. The van der Waals surface area contributed by atoms with Gasteiger partial charge in [0.25, 0.3) is 0 Å². The molecule has 3 nitrogen and oxygen atoms in total. The number of urea groups is 1. The summed E-state index contributed by atoms with van der Waals surface area (Å²) in [5.74, 6) is 0. The summed E-state index contributed by atoms with van der Waals surface area (Å²) in [7, 11) is 0. The zero-order chi connectivity index (χ0) is 18.9. The van der Waals surface area contributed by atoms with Crippen LogP contribution in [0.2, 0.25) is 0 Å². The number of fused-ring (bicyclic) bond motifs is 1. The van der Waals surface area contributed by atoms with E-state index in [1.165, 1.54) is 40.7 Å². The molecule has 1 aliphatic carbocycles. The Kier molecular flexibility index (Phi) is 4.36. The first-order valence-electron chi connectivity index (χ1n) is 10.1. The molecule has 0 saturated carbocycles. The highest BCUT2D eigenvalue weighted by molar-refractivity contribution is 5.94. The van der Waals surface area contributed by atoms with Crippen molar-refractivity contribution in [3.63, 3.8) is 0 Å². The van der Waals surface area contributed by atoms with Crippen molar-refractivity contribution < 1.29 is 4.79 Å². The van der Waals surface area contributed by atoms with Gasteiger partial charge in [-0.1, -0.05) is 60.7 Å². The van der Waals surface area contributed by atoms with E-state index < -0.39 is 0 Å². The normalized spacial score (nSPS) is 15.9. The minimum Gasteiger partial charge on any atom is -0.318 e. The Morgan fingerprint density at radius 2 is 1.57 bits per heavy atom. The molecule has 0 bridgehead atoms. The number of amides is 2. The summed E-state index contributed by atoms with van der Waals surface area (Å²) in [6.45, 7) is 2.16. The molecular weight excluding hydrogens is 344 g/mol. The molecule has 1 heterocycles. The number of carbonyl (C=O) groups is 1. The van der Waals surface area contributed by atoms with Crippen LogP contribution in [0.15, 0.2) is 72.8 Å². The van der Waals surface area contributed by atoms with Crippen LogP contribution in [0.5, 0.6) is 0 Å². The van der Waals surface area contributed by atoms with Crippen molar-refractivity contribution in [2.24, 2.45) is 0 Å². The van der Waals surface area contributed by atoms with Gasteiger partial charge in [-0.25, -0.2) is 4.79 Å². The fraction of sp³-hybridized carbons (Fsp3) is 0.240. The third-order valence-electron chi connectivity index (χ3n) is 5.95. The Bertz CT molecular complexity index is 1010. The van der Waals surface area contributed by atoms with Crippen LogP contribution >= 0.6 is 0 Å². The van der Waals surface area contributed by atoms with Crippen LogP contribution in [0.4, 0.5) is 10.5 Å². The quantitative estimate of drug-likeness (QED) is 0.614. The number of carbonyl (C=O) groups excluding carboxylic acids is 1. The number of anilines is 1. The number of benzene rings is 3. The van der Waals surface area contributed by atoms with Gasteiger partial charge in [-0.05, 0) is 59.2 Å². The second-order valence-electron chi connectivity index (χ2n) is 7.69. The van der Waals surface area contributed by atoms with E-state index in [4.69, 9.17) is 0 Å². The molecule has 5 rings (SSSR count). The Hall–Kier alpha value is -3.07. The topological polar surface area (TPSA) is 23.6 Å². The van der Waals surface area contributed by atoms with E-state index in [1.807, 2.05) is 15.9 Å². The van der Waals surface area contributed by atoms with E-state index in [1.54, 1.807) is 0 Å². The van der Waals surface area contributed by atoms with E-state index >= 15 is 0 Å². The molecule has 2 amide bonds. The third-order valence-corrected chi connectivity index (χ3v) is 5.95. The zero-order valence-electron chi connectivity index (χ0n) is 16.0. The van der Waals surface area contributed by atoms with Crippen LogP contribution in [-0.2, 0) is 19.4 Å². The molecule has 0 unspecified atom stereocenters. The van der Waals surface area contributed by atoms with Crippen molar-refractivity contribution in [3.8, 4) is 11.1 Å². The maximum Gasteiger partial charge on any atom is 0.324 e. The second-order valence-corrected chi connectivity index (χ2v) is 7.69. The summed E-state index contributed by atoms with van der Waals surface area (Å²) in [4.78, 5) is 17.0. The predicted octanol–water partition coefficient (Wildman–Crippen LogP) is 5.28. The number of nitrogens with zero attached hydrogens (tertiary/aromatic N) is 2. The van der Waals surface area contributed by atoms with Gasteiger partial charge >= 0.3 is 6.03 Å². The molecule has 0 N–H and O–H groups in total. The van der Waals surface area contributed by atoms with Crippen LogP contribution in [0.25, 0.3) is 11.1 Å². The standard InChI is InChI=1S/C25H24N2O/c28-25-26(15-16-27(25)23-14-13-19-10-6-11-21(19)17-23)18-22-9-4-5-12-24(22)20-7-2-1-3-8-20/h1-5,7-9,12-14,17H,6,10-11,15-16,18H2. The lowest BCUT2D eigenvalue weighted by atomic mass is 9.99. The first kappa shape index (κ1) is 17.1. The minimum absolute atomic E-state index is 0.112. The average Bonchev–Trinajstić information content (AvgIpc) is 3.35. The highest BCUT2D eigenvalue weighted by Gasteiger charge is 2.30. The van der Waals surface area contributed by atoms with Gasteiger partial charge < -0.3 is 4.90 Å². The largest absolute Gasteiger partial charge is 0.324 e. The Labute approximate surface area is 166 Å². The average molecular weight is 368 g/mol. The van der Waals surface area contributed by atoms with Crippen molar-refractivity contribution in [2.75, 3.05) is 18.0 Å². The number of rotatable bonds is 4. The molecule has 3 aromatic rings. The van der Waals surface area contributed by atoms with E-state index in [9.17, 15) is 4.79 Å². The van der Waals surface area contributed by atoms with E-state index in [-0.39, 0.29) is 6.03 Å². The summed E-state index contributed by atoms with van der Waals surface area (Å²) in [6, 6.07) is 25.5. The summed E-state index contributed by atoms with van der Waals surface area (Å²) < 4.78 is 0. The van der Waals surface area contributed by atoms with Gasteiger partial charge in [0.2, 0.25) is 0 Å². The number of aryl methyl sites for hydroxylation is 2. The smallest absolute Gasteiger partial charge is 0.318 e. The fourth-order valence-electron chi connectivity index (χ4n) is 4.46. The van der Waals surface area contributed by atoms with Crippen molar-refractivity contribution in [1.82, 2.24) is 4.90 Å². The Balaban J connectivity index is 1.37. The maximum atomic E-state index is 13.1. The summed E-state index contributed by atoms with van der Waals surface area (Å²) in [5, 5.41) is 0. The van der Waals surface area contributed by atoms with E-state index in [2.05, 4.69) is 66.7 Å². The second kappa shape index (κ2) is 7.16. The molecule has 140 valence electrons. The van der Waals surface area contributed by atoms with Crippen molar-refractivity contribution >= 4 is 11.7 Å². The molecule has 0 radical (unpaired) electrons. The van der Waals surface area contributed by atoms with Crippen molar-refractivity contribution in [2.45, 2.75) is 25.8 Å². The fourth-order valence-corrected chi connectivity index (χ4v) is 4.46. The summed E-state index contributed by atoms with van der Waals surface area (Å²) >= 11 is 0. The molecule has 1 saturated heterocycles. The van der Waals surface area contributed by atoms with E-state index in [0.717, 1.165) is 25.2 Å². The van der Waals surface area contributed by atoms with Crippen molar-refractivity contribution in [1.29, 1.82) is 0 Å². The molecular formula is C25H24N2O. The first-order valence-corrected chi connectivity index (χ1v) is 10.1. The Morgan fingerprint density at radius 1 is 0.786 bits per heavy atom. The molecule has 0 aromatic heterocycles. The summed E-state index contributed by atoms with van der Waals surface area (Å²) in [5.41, 5.74) is 7.50. The van der Waals surface area contributed by atoms with Crippen LogP contribution in [0.3, 0.4) is 0 Å². The van der Waals surface area contributed by atoms with Gasteiger partial charge in [-0.3, -0.25) is 4.90 Å². The van der Waals surface area contributed by atoms with Crippen LogP contribution in [0, 0.1) is 0 Å². The van der Waals surface area contributed by atoms with Crippen LogP contribution in [0.1, 0.15) is 23.1 Å². The highest BCUT2D eigenvalue weighted by Crippen LogP contribution is 2.30. The van der Waals surface area contributed by atoms with Gasteiger partial charge in [-0.2, -0.15) is 0 Å². The SMILES string of the molecule is O=C1N(Cc2ccccc2-c2ccccc2)CCN1c1ccc2c(c1)CCC2. The first-order chi connectivity index (χ1) is 13.8. The molecule has 28 heavy (non-hydrogen) atoms. The number of hydrogen-bond donors (Lipinski definition) is 0. The van der Waals surface area contributed by atoms with Gasteiger partial charge in [0, 0.05) is 25.3 Å². The lowest BCUT2D eigenvalue weighted by molar-refractivity contribution is 0.219. The zero-order valence-corrected chi connectivity index (χ0v) is 16.0. The minimum atomic E-state index is 0.112. The van der Waals surface area contributed by atoms with Gasteiger partial charge in [0.1, 0.15) is 0 Å². The van der Waals surface area contributed by atoms with Gasteiger partial charge in [0.05, 0.1) is 0 Å². The van der Waals surface area contributed by atoms with Crippen LogP contribution < -0.4 is 4.90 Å². The molecule has 1 fully saturated rings. The molecule has 3 heteroatoms. The van der Waals surface area contributed by atoms with Crippen molar-refractivity contribution in [3.05, 3.63) is 89.5 Å². The van der Waals surface area contributed by atoms with Crippen LogP contribution in [-0.4, -0.2) is 24.0 Å².